The van der Waals surface area contributed by atoms with E-state index < -0.39 is 7.60 Å². The van der Waals surface area contributed by atoms with Crippen LogP contribution in [0.2, 0.25) is 0 Å². The van der Waals surface area contributed by atoms with Crippen LogP contribution in [-0.2, 0) is 14.0 Å². The summed E-state index contributed by atoms with van der Waals surface area (Å²) in [6, 6.07) is 0. The van der Waals surface area contributed by atoms with E-state index in [0.29, 0.717) is 6.61 Å². The smallest absolute Gasteiger partial charge is 0.325 e. The van der Waals surface area contributed by atoms with Crippen molar-refractivity contribution in [1.29, 1.82) is 0 Å². The first-order chi connectivity index (χ1) is 6.44. The molecule has 0 aliphatic carbocycles. The van der Waals surface area contributed by atoms with Gasteiger partial charge in [0.1, 0.15) is 0 Å². The van der Waals surface area contributed by atoms with Crippen LogP contribution in [0.15, 0.2) is 0 Å². The number of hydrogen-bond acceptors (Lipinski definition) is 3. The minimum Gasteiger partial charge on any atom is -0.379 e. The predicted octanol–water partition coefficient (Wildman–Crippen LogP) is 0.604. The Balaban J connectivity index is 2.51. The molecule has 5 nitrogen and oxygen atoms in total. The summed E-state index contributed by atoms with van der Waals surface area (Å²) >= 11 is 0. The van der Waals surface area contributed by atoms with Gasteiger partial charge in [-0.25, -0.2) is 0 Å². The van der Waals surface area contributed by atoms with Gasteiger partial charge in [-0.3, -0.25) is 4.57 Å². The first-order valence-corrected chi connectivity index (χ1v) is 6.43. The van der Waals surface area contributed by atoms with Gasteiger partial charge in [0.2, 0.25) is 0 Å². The molecule has 84 valence electrons. The van der Waals surface area contributed by atoms with E-state index in [1.165, 1.54) is 0 Å². The summed E-state index contributed by atoms with van der Waals surface area (Å²) in [5, 5.41) is 0. The van der Waals surface area contributed by atoms with Gasteiger partial charge in [0, 0.05) is 13.7 Å². The Morgan fingerprint density at radius 1 is 1.64 bits per heavy atom. The molecule has 2 N–H and O–H groups in total. The highest BCUT2D eigenvalue weighted by Crippen LogP contribution is 2.39. The fourth-order valence-electron chi connectivity index (χ4n) is 1.85. The molecule has 0 amide bonds. The zero-order chi connectivity index (χ0) is 10.8. The highest BCUT2D eigenvalue weighted by atomic mass is 31.2. The summed E-state index contributed by atoms with van der Waals surface area (Å²) in [4.78, 5) is 17.6. The largest absolute Gasteiger partial charge is 0.379 e. The average molecular weight is 224 g/mol. The van der Waals surface area contributed by atoms with E-state index >= 15 is 0 Å². The van der Waals surface area contributed by atoms with Crippen molar-refractivity contribution in [2.75, 3.05) is 19.9 Å². The molecule has 1 fully saturated rings. The van der Waals surface area contributed by atoms with Crippen LogP contribution in [0, 0.1) is 5.92 Å². The van der Waals surface area contributed by atoms with Gasteiger partial charge in [-0.05, 0) is 12.3 Å². The second-order valence-corrected chi connectivity index (χ2v) is 5.42. The topological polar surface area (TPSA) is 76.0 Å². The second-order valence-electron chi connectivity index (χ2n) is 3.72. The summed E-state index contributed by atoms with van der Waals surface area (Å²) < 4.78 is 21.4. The molecule has 1 aliphatic heterocycles. The molecule has 0 saturated carbocycles. The fraction of sp³-hybridized carbons (Fsp3) is 1.00. The molecule has 1 saturated heterocycles. The third-order valence-corrected chi connectivity index (χ3v) is 3.52. The van der Waals surface area contributed by atoms with E-state index in [1.807, 2.05) is 0 Å². The summed E-state index contributed by atoms with van der Waals surface area (Å²) in [5.41, 5.74) is 0. The Hall–Kier alpha value is 0.0700. The van der Waals surface area contributed by atoms with Crippen LogP contribution in [0.1, 0.15) is 13.3 Å². The Bertz CT molecular complexity index is 226. The lowest BCUT2D eigenvalue weighted by molar-refractivity contribution is -0.00927. The SMILES string of the molecule is CO[C@@H]1CCO[C@@H]1[C@@H](C)CP(=O)(O)O. The van der Waals surface area contributed by atoms with Crippen molar-refractivity contribution in [2.45, 2.75) is 25.6 Å². The number of rotatable bonds is 4. The van der Waals surface area contributed by atoms with Crippen molar-refractivity contribution in [1.82, 2.24) is 0 Å². The molecule has 0 spiro atoms. The molecule has 0 aromatic rings. The lowest BCUT2D eigenvalue weighted by Gasteiger charge is -2.23. The van der Waals surface area contributed by atoms with Gasteiger partial charge in [0.15, 0.2) is 0 Å². The van der Waals surface area contributed by atoms with Crippen LogP contribution in [0.5, 0.6) is 0 Å². The molecule has 0 radical (unpaired) electrons. The maximum atomic E-state index is 10.8. The van der Waals surface area contributed by atoms with Gasteiger partial charge in [0.05, 0.1) is 18.4 Å². The quantitative estimate of drug-likeness (QED) is 0.684. The first-order valence-electron chi connectivity index (χ1n) is 4.63. The Morgan fingerprint density at radius 3 is 2.79 bits per heavy atom. The Labute approximate surface area is 83.6 Å². The second kappa shape index (κ2) is 4.73. The Kier molecular flexibility index (Phi) is 4.10. The van der Waals surface area contributed by atoms with E-state index in [0.717, 1.165) is 6.42 Å². The van der Waals surface area contributed by atoms with Crippen LogP contribution in [0.3, 0.4) is 0 Å². The highest BCUT2D eigenvalue weighted by Gasteiger charge is 2.35. The standard InChI is InChI=1S/C8H17O5P/c1-6(5-14(9,10)11)8-7(12-2)3-4-13-8/h6-8H,3-5H2,1-2H3,(H2,9,10,11)/t6-,7+,8+/m0/s1. The molecule has 0 aromatic carbocycles. The van der Waals surface area contributed by atoms with Crippen LogP contribution < -0.4 is 0 Å². The first kappa shape index (κ1) is 12.1. The van der Waals surface area contributed by atoms with E-state index in [2.05, 4.69) is 0 Å². The molecule has 3 atom stereocenters. The van der Waals surface area contributed by atoms with E-state index in [4.69, 9.17) is 19.3 Å². The third-order valence-electron chi connectivity index (χ3n) is 2.47. The number of methoxy groups -OCH3 is 1. The minimum absolute atomic E-state index is 0.0310. The van der Waals surface area contributed by atoms with Crippen molar-refractivity contribution in [3.63, 3.8) is 0 Å². The van der Waals surface area contributed by atoms with Gasteiger partial charge in [0.25, 0.3) is 0 Å². The molecule has 0 bridgehead atoms. The van der Waals surface area contributed by atoms with E-state index in [9.17, 15) is 4.57 Å². The highest BCUT2D eigenvalue weighted by molar-refractivity contribution is 7.51. The Morgan fingerprint density at radius 2 is 2.29 bits per heavy atom. The van der Waals surface area contributed by atoms with Gasteiger partial charge < -0.3 is 19.3 Å². The summed E-state index contributed by atoms with van der Waals surface area (Å²) in [6.45, 7) is 2.38. The molecule has 6 heteroatoms. The molecule has 1 heterocycles. The average Bonchev–Trinajstić information content (AvgIpc) is 2.47. The minimum atomic E-state index is -3.95. The van der Waals surface area contributed by atoms with Crippen molar-refractivity contribution in [2.24, 2.45) is 5.92 Å². The molecule has 14 heavy (non-hydrogen) atoms. The zero-order valence-corrected chi connectivity index (χ0v) is 9.31. The molecular weight excluding hydrogens is 207 g/mol. The van der Waals surface area contributed by atoms with Gasteiger partial charge in [-0.1, -0.05) is 6.92 Å². The normalized spacial score (nSPS) is 30.6. The van der Waals surface area contributed by atoms with Gasteiger partial charge in [-0.15, -0.1) is 0 Å². The van der Waals surface area contributed by atoms with Crippen LogP contribution in [0.4, 0.5) is 0 Å². The summed E-state index contributed by atoms with van der Waals surface area (Å²) in [5.74, 6) is -0.178. The van der Waals surface area contributed by atoms with Crippen molar-refractivity contribution in [3.05, 3.63) is 0 Å². The predicted molar refractivity (Wildman–Crippen MR) is 51.2 cm³/mol. The third kappa shape index (κ3) is 3.33. The zero-order valence-electron chi connectivity index (χ0n) is 8.42. The number of ether oxygens (including phenoxy) is 2. The lowest BCUT2D eigenvalue weighted by Crippen LogP contribution is -2.31. The van der Waals surface area contributed by atoms with Gasteiger partial charge in [-0.2, -0.15) is 0 Å². The fourth-order valence-corrected chi connectivity index (χ4v) is 2.81. The summed E-state index contributed by atoms with van der Waals surface area (Å²) in [7, 11) is -2.35. The molecular formula is C8H17O5P. The monoisotopic (exact) mass is 224 g/mol. The maximum Gasteiger partial charge on any atom is 0.325 e. The molecule has 0 aromatic heterocycles. The van der Waals surface area contributed by atoms with E-state index in [-0.39, 0.29) is 24.3 Å². The van der Waals surface area contributed by atoms with Crippen LogP contribution in [-0.4, -0.2) is 41.9 Å². The van der Waals surface area contributed by atoms with Gasteiger partial charge >= 0.3 is 7.60 Å². The molecule has 1 rings (SSSR count). The lowest BCUT2D eigenvalue weighted by atomic mass is 10.0. The molecule has 1 aliphatic rings. The maximum absolute atomic E-state index is 10.8. The van der Waals surface area contributed by atoms with Crippen LogP contribution in [0.25, 0.3) is 0 Å². The van der Waals surface area contributed by atoms with Crippen molar-refractivity contribution < 1.29 is 23.8 Å². The number of hydrogen-bond donors (Lipinski definition) is 2. The van der Waals surface area contributed by atoms with E-state index in [1.54, 1.807) is 14.0 Å². The summed E-state index contributed by atoms with van der Waals surface area (Å²) in [6.07, 6.45) is 0.439. The van der Waals surface area contributed by atoms with Crippen molar-refractivity contribution >= 4 is 7.60 Å². The van der Waals surface area contributed by atoms with Crippen LogP contribution >= 0.6 is 7.60 Å². The molecule has 0 unspecified atom stereocenters. The van der Waals surface area contributed by atoms with Crippen molar-refractivity contribution in [3.8, 4) is 0 Å².